The molecule has 60 heavy (non-hydrogen) atoms. The van der Waals surface area contributed by atoms with E-state index in [0.717, 1.165) is 55.3 Å². The Morgan fingerprint density at radius 2 is 0.600 bits per heavy atom. The van der Waals surface area contributed by atoms with E-state index in [4.69, 9.17) is 78.5 Å². The number of nitrogens with zero attached hydrogens (tertiary/aromatic N) is 2. The molecule has 10 rings (SSSR count). The minimum absolute atomic E-state index is 0.108. The fraction of sp³-hybridized carbons (Fsp3) is 0. The average molecular weight is 735 g/mol. The van der Waals surface area contributed by atoms with Crippen LogP contribution in [0.2, 0.25) is 0 Å². The van der Waals surface area contributed by atoms with E-state index in [1.165, 1.54) is 10.8 Å². The summed E-state index contributed by atoms with van der Waals surface area (Å²) in [7, 11) is 64.7. The Morgan fingerprint density at radius 3 is 1.03 bits per heavy atom. The first-order valence-electron chi connectivity index (χ1n) is 19.3. The van der Waals surface area contributed by atoms with Crippen molar-refractivity contribution in [2.45, 2.75) is 0 Å². The van der Waals surface area contributed by atoms with Crippen molar-refractivity contribution in [3.05, 3.63) is 133 Å². The molecule has 0 N–H and O–H groups in total. The third kappa shape index (κ3) is 5.71. The summed E-state index contributed by atoms with van der Waals surface area (Å²) < 4.78 is 4.49. The smallest absolute Gasteiger partial charge is 0.113 e. The van der Waals surface area contributed by atoms with Gasteiger partial charge in [0.15, 0.2) is 0 Å². The number of hydrogen-bond acceptors (Lipinski definition) is 0. The highest BCUT2D eigenvalue weighted by Gasteiger charge is 2.21. The second kappa shape index (κ2) is 14.3. The second-order valence-corrected chi connectivity index (χ2v) is 15.2. The van der Waals surface area contributed by atoms with Gasteiger partial charge in [-0.25, -0.2) is 0 Å². The van der Waals surface area contributed by atoms with Crippen molar-refractivity contribution >= 4 is 177 Å². The fourth-order valence-electron chi connectivity index (χ4n) is 8.79. The lowest BCUT2D eigenvalue weighted by atomic mass is 9.59. The second-order valence-electron chi connectivity index (χ2n) is 15.2. The molecule has 0 spiro atoms. The van der Waals surface area contributed by atoms with E-state index in [1.807, 2.05) is 36.4 Å². The Morgan fingerprint density at radius 1 is 0.250 bits per heavy atom. The van der Waals surface area contributed by atoms with Crippen molar-refractivity contribution in [1.29, 1.82) is 0 Å². The van der Waals surface area contributed by atoms with Crippen LogP contribution in [0.15, 0.2) is 133 Å². The van der Waals surface area contributed by atoms with E-state index >= 15 is 0 Å². The zero-order valence-electron chi connectivity index (χ0n) is 32.4. The van der Waals surface area contributed by atoms with Crippen LogP contribution in [0, 0.1) is 0 Å². The molecule has 2 aromatic heterocycles. The first-order chi connectivity index (χ1) is 28.9. The van der Waals surface area contributed by atoms with E-state index < -0.39 is 0 Å². The van der Waals surface area contributed by atoms with Gasteiger partial charge in [0.05, 0.1) is 22.1 Å². The van der Waals surface area contributed by atoms with E-state index in [2.05, 4.69) is 106 Å². The van der Waals surface area contributed by atoms with Gasteiger partial charge in [-0.15, -0.1) is 32.8 Å². The van der Waals surface area contributed by atoms with Crippen LogP contribution in [0.5, 0.6) is 0 Å². The molecule has 2 heterocycles. The normalized spacial score (nSPS) is 11.7. The molecular weight excluding hydrogens is 713 g/mol. The molecule has 0 amide bonds. The molecule has 0 aliphatic heterocycles. The molecule has 0 unspecified atom stereocenters. The molecule has 0 bridgehead atoms. The lowest BCUT2D eigenvalue weighted by Gasteiger charge is -2.25. The summed E-state index contributed by atoms with van der Waals surface area (Å²) in [6, 6.07) is 46.2. The summed E-state index contributed by atoms with van der Waals surface area (Å²) in [6.45, 7) is 0. The van der Waals surface area contributed by atoms with Gasteiger partial charge in [-0.3, -0.25) is 0 Å². The molecule has 0 atom stereocenters. The van der Waals surface area contributed by atoms with Gasteiger partial charge in [-0.1, -0.05) is 88.6 Å². The van der Waals surface area contributed by atoms with Crippen molar-refractivity contribution in [2.24, 2.45) is 0 Å². The molecule has 0 aliphatic carbocycles. The van der Waals surface area contributed by atoms with Crippen molar-refractivity contribution in [3.63, 3.8) is 0 Å². The zero-order valence-corrected chi connectivity index (χ0v) is 32.4. The first-order valence-corrected chi connectivity index (χ1v) is 19.3. The van der Waals surface area contributed by atoms with Crippen molar-refractivity contribution in [2.75, 3.05) is 0 Å². The highest BCUT2D eigenvalue weighted by molar-refractivity contribution is 6.70. The van der Waals surface area contributed by atoms with Gasteiger partial charge in [0.2, 0.25) is 0 Å². The lowest BCUT2D eigenvalue weighted by Crippen LogP contribution is -2.55. The molecule has 8 aromatic carbocycles. The summed E-state index contributed by atoms with van der Waals surface area (Å²) in [4.78, 5) is 0. The summed E-state index contributed by atoms with van der Waals surface area (Å²) >= 11 is 0. The predicted octanol–water partition coefficient (Wildman–Crippen LogP) is 0.820. The van der Waals surface area contributed by atoms with Crippen LogP contribution < -0.4 is 54.6 Å². The Balaban J connectivity index is 1.22. The molecule has 2 nitrogen and oxygen atoms in total. The Hall–Kier alpha value is -5.99. The first kappa shape index (κ1) is 38.2. The predicted molar refractivity (Wildman–Crippen MR) is 265 cm³/mol. The average Bonchev–Trinajstić information content (AvgIpc) is 3.79. The quantitative estimate of drug-likeness (QED) is 0.232. The topological polar surface area (TPSA) is 9.86 Å². The van der Waals surface area contributed by atoms with E-state index in [1.54, 1.807) is 0 Å². The third-order valence-corrected chi connectivity index (χ3v) is 11.8. The van der Waals surface area contributed by atoms with Gasteiger partial charge in [0, 0.05) is 32.9 Å². The maximum Gasteiger partial charge on any atom is 0.113 e. The van der Waals surface area contributed by atoms with Crippen molar-refractivity contribution < 1.29 is 0 Å². The summed E-state index contributed by atoms with van der Waals surface area (Å²) in [5, 5.41) is 4.44. The molecule has 12 heteroatoms. The van der Waals surface area contributed by atoms with E-state index in [9.17, 15) is 0 Å². The maximum atomic E-state index is 6.67. The Kier molecular flexibility index (Phi) is 9.13. The van der Waals surface area contributed by atoms with Gasteiger partial charge >= 0.3 is 0 Å². The molecule has 0 saturated carbocycles. The van der Waals surface area contributed by atoms with Gasteiger partial charge < -0.3 is 9.13 Å². The summed E-state index contributed by atoms with van der Waals surface area (Å²) in [6.07, 6.45) is 0. The van der Waals surface area contributed by atoms with Crippen LogP contribution >= 0.6 is 0 Å². The largest absolute Gasteiger partial charge is 0.309 e. The van der Waals surface area contributed by atoms with Gasteiger partial charge in [0.1, 0.15) is 78.5 Å². The molecule has 0 aliphatic rings. The van der Waals surface area contributed by atoms with Gasteiger partial charge in [-0.2, -0.15) is 0 Å². The van der Waals surface area contributed by atoms with Gasteiger partial charge in [-0.05, 0) is 100 Å². The van der Waals surface area contributed by atoms with Crippen LogP contribution in [-0.2, 0) is 0 Å². The Labute approximate surface area is 362 Å². The highest BCUT2D eigenvalue weighted by Crippen LogP contribution is 2.39. The highest BCUT2D eigenvalue weighted by atomic mass is 15.0. The summed E-state index contributed by atoms with van der Waals surface area (Å²) in [5.74, 6) is 0. The van der Waals surface area contributed by atoms with Crippen molar-refractivity contribution in [3.8, 4) is 44.8 Å². The molecule has 0 fully saturated rings. The Bertz CT molecular complexity index is 3300. The third-order valence-electron chi connectivity index (χ3n) is 11.8. The van der Waals surface area contributed by atoms with Crippen LogP contribution in [0.1, 0.15) is 0 Å². The minimum atomic E-state index is 0.108. The van der Waals surface area contributed by atoms with Crippen LogP contribution in [0.4, 0.5) is 0 Å². The maximum absolute atomic E-state index is 6.67. The lowest BCUT2D eigenvalue weighted by molar-refractivity contribution is 1.18. The molecule has 10 aromatic rings. The fourth-order valence-corrected chi connectivity index (χ4v) is 8.79. The van der Waals surface area contributed by atoms with Crippen LogP contribution in [0.25, 0.3) is 88.4 Å². The number of rotatable bonds is 5. The van der Waals surface area contributed by atoms with E-state index in [0.29, 0.717) is 22.3 Å². The monoisotopic (exact) mass is 736 g/mol. The van der Waals surface area contributed by atoms with E-state index in [-0.39, 0.29) is 54.6 Å². The number of hydrogen-bond donors (Lipinski definition) is 0. The molecule has 254 valence electrons. The zero-order chi connectivity index (χ0) is 41.7. The van der Waals surface area contributed by atoms with Crippen LogP contribution in [-0.4, -0.2) is 87.6 Å². The molecular formula is C48H22B10N2. The molecule has 20 radical (unpaired) electrons. The number of aromatic nitrogens is 2. The summed E-state index contributed by atoms with van der Waals surface area (Å²) in [5.41, 5.74) is 11.6. The van der Waals surface area contributed by atoms with Crippen molar-refractivity contribution in [1.82, 2.24) is 9.13 Å². The number of benzene rings is 8. The number of para-hydroxylation sites is 3. The number of fused-ring (bicyclic) bond motifs is 6. The van der Waals surface area contributed by atoms with Gasteiger partial charge in [0.25, 0.3) is 0 Å². The van der Waals surface area contributed by atoms with Crippen LogP contribution in [0.3, 0.4) is 0 Å². The minimum Gasteiger partial charge on any atom is -0.309 e. The molecule has 0 saturated heterocycles. The SMILES string of the molecule is [B]c1c([B])c([B])c(-c2cc(-c3c([B])c([B])c([B])c([B])c3[B])cc(-n3c4ccccc4c4cc(-c5ccc6c(c5)c5ccccc5n6-c5ccccc5)ccc43)c2)c([B])c1[B]. The standard InChI is InChI=1S/C48H22B10N2/c49-39-37(40(50)44(54)47(57)43(39)53)25-18-26(38-41(51)45(55)48(58)46(56)42(38)52)20-28(19-25)60-34-13-7-5-11-30(34)32-22-24(15-17-36(32)60)23-14-16-35-31(21-23)29-10-4-6-12-33(29)59(35)27-8-2-1-3-9-27/h1-22H.